The highest BCUT2D eigenvalue weighted by Gasteiger charge is 2.11. The van der Waals surface area contributed by atoms with Crippen molar-refractivity contribution in [3.05, 3.63) is 44.7 Å². The number of anilines is 1. The monoisotopic (exact) mass is 333 g/mol. The zero-order chi connectivity index (χ0) is 12.4. The minimum Gasteiger partial charge on any atom is -0.340 e. The van der Waals surface area contributed by atoms with Gasteiger partial charge in [0.15, 0.2) is 0 Å². The predicted molar refractivity (Wildman–Crippen MR) is 70.7 cm³/mol. The van der Waals surface area contributed by atoms with Crippen LogP contribution in [-0.4, -0.2) is 15.9 Å². The molecular weight excluding hydrogens is 329 g/mol. The Morgan fingerprint density at radius 1 is 1.41 bits per heavy atom. The third-order valence-corrected chi connectivity index (χ3v) is 3.10. The fraction of sp³-hybridized carbons (Fsp3) is 0. The molecule has 88 valence electrons. The van der Waals surface area contributed by atoms with Crippen LogP contribution in [0.4, 0.5) is 5.82 Å². The van der Waals surface area contributed by atoms with Gasteiger partial charge in [0.05, 0.1) is 5.02 Å². The van der Waals surface area contributed by atoms with Gasteiger partial charge < -0.3 is 10.3 Å². The molecule has 2 heterocycles. The highest BCUT2D eigenvalue weighted by Crippen LogP contribution is 2.22. The van der Waals surface area contributed by atoms with E-state index in [2.05, 4.69) is 31.2 Å². The van der Waals surface area contributed by atoms with Crippen molar-refractivity contribution in [3.8, 4) is 0 Å². The lowest BCUT2D eigenvalue weighted by Crippen LogP contribution is -2.13. The molecule has 0 saturated heterocycles. The Hall–Kier alpha value is -1.04. The van der Waals surface area contributed by atoms with Crippen molar-refractivity contribution in [1.29, 1.82) is 0 Å². The summed E-state index contributed by atoms with van der Waals surface area (Å²) in [6.45, 7) is 0. The van der Waals surface area contributed by atoms with Gasteiger partial charge in [-0.15, -0.1) is 0 Å². The number of rotatable bonds is 2. The highest BCUT2D eigenvalue weighted by atomic mass is 79.9. The first-order valence-electron chi connectivity index (χ1n) is 4.53. The molecular formula is C10H6BrCl2N3O. The van der Waals surface area contributed by atoms with Crippen LogP contribution in [-0.2, 0) is 0 Å². The number of hydrogen-bond acceptors (Lipinski definition) is 2. The quantitative estimate of drug-likeness (QED) is 0.879. The third-order valence-electron chi connectivity index (χ3n) is 1.94. The van der Waals surface area contributed by atoms with Crippen LogP contribution >= 0.6 is 39.1 Å². The Bertz CT molecular complexity index is 534. The van der Waals surface area contributed by atoms with Crippen molar-refractivity contribution in [2.45, 2.75) is 0 Å². The van der Waals surface area contributed by atoms with E-state index in [1.54, 1.807) is 18.3 Å². The Kier molecular flexibility index (Phi) is 3.71. The Morgan fingerprint density at radius 3 is 2.71 bits per heavy atom. The maximum absolute atomic E-state index is 11.8. The second-order valence-corrected chi connectivity index (χ2v) is 4.86. The molecule has 0 aromatic carbocycles. The van der Waals surface area contributed by atoms with Crippen molar-refractivity contribution in [2.75, 3.05) is 5.32 Å². The van der Waals surface area contributed by atoms with Gasteiger partial charge in [0.25, 0.3) is 5.91 Å². The van der Waals surface area contributed by atoms with Crippen LogP contribution in [0.3, 0.4) is 0 Å². The summed E-state index contributed by atoms with van der Waals surface area (Å²) in [5.74, 6) is 0.0914. The smallest absolute Gasteiger partial charge is 0.273 e. The van der Waals surface area contributed by atoms with Crippen molar-refractivity contribution in [1.82, 2.24) is 9.97 Å². The van der Waals surface area contributed by atoms with E-state index in [4.69, 9.17) is 23.2 Å². The van der Waals surface area contributed by atoms with Crippen molar-refractivity contribution in [2.24, 2.45) is 0 Å². The number of aromatic nitrogens is 2. The van der Waals surface area contributed by atoms with Crippen molar-refractivity contribution in [3.63, 3.8) is 0 Å². The van der Waals surface area contributed by atoms with Gasteiger partial charge in [-0.2, -0.15) is 0 Å². The Labute approximate surface area is 115 Å². The molecule has 2 N–H and O–H groups in total. The molecule has 7 heteroatoms. The molecule has 0 aliphatic heterocycles. The molecule has 2 aromatic rings. The first-order valence-corrected chi connectivity index (χ1v) is 6.08. The van der Waals surface area contributed by atoms with Crippen LogP contribution in [0.2, 0.25) is 10.2 Å². The molecule has 0 saturated carbocycles. The molecule has 2 rings (SSSR count). The molecule has 0 aliphatic rings. The summed E-state index contributed by atoms with van der Waals surface area (Å²) in [6, 6.07) is 4.91. The topological polar surface area (TPSA) is 57.8 Å². The lowest BCUT2D eigenvalue weighted by atomic mass is 10.4. The van der Waals surface area contributed by atoms with E-state index in [1.165, 1.54) is 6.07 Å². The summed E-state index contributed by atoms with van der Waals surface area (Å²) in [7, 11) is 0. The summed E-state index contributed by atoms with van der Waals surface area (Å²) >= 11 is 14.7. The standard InChI is InChI=1S/C10H6BrCl2N3O/c11-5-1-2-8(14-4-5)16-10(17)7-3-6(12)9(13)15-7/h1-4,15H,(H,14,16,17). The van der Waals surface area contributed by atoms with Gasteiger partial charge in [-0.05, 0) is 34.1 Å². The van der Waals surface area contributed by atoms with Crippen LogP contribution < -0.4 is 5.32 Å². The molecule has 0 fully saturated rings. The Balaban J connectivity index is 2.14. The van der Waals surface area contributed by atoms with Gasteiger partial charge >= 0.3 is 0 Å². The lowest BCUT2D eigenvalue weighted by molar-refractivity contribution is 0.102. The van der Waals surface area contributed by atoms with E-state index in [-0.39, 0.29) is 16.8 Å². The zero-order valence-electron chi connectivity index (χ0n) is 8.30. The average Bonchev–Trinajstić information content (AvgIpc) is 2.63. The van der Waals surface area contributed by atoms with E-state index >= 15 is 0 Å². The van der Waals surface area contributed by atoms with Gasteiger partial charge in [0.1, 0.15) is 16.7 Å². The maximum Gasteiger partial charge on any atom is 0.273 e. The third kappa shape index (κ3) is 3.00. The van der Waals surface area contributed by atoms with Gasteiger partial charge in [0.2, 0.25) is 0 Å². The number of nitrogens with one attached hydrogen (secondary N) is 2. The van der Waals surface area contributed by atoms with Crippen LogP contribution in [0.15, 0.2) is 28.9 Å². The van der Waals surface area contributed by atoms with Crippen molar-refractivity contribution >= 4 is 50.9 Å². The number of amides is 1. The summed E-state index contributed by atoms with van der Waals surface area (Å²) in [6.07, 6.45) is 1.59. The normalized spacial score (nSPS) is 10.3. The molecule has 0 spiro atoms. The molecule has 1 amide bonds. The van der Waals surface area contributed by atoms with Crippen LogP contribution in [0.1, 0.15) is 10.5 Å². The lowest BCUT2D eigenvalue weighted by Gasteiger charge is -2.02. The average molecular weight is 335 g/mol. The maximum atomic E-state index is 11.8. The molecule has 4 nitrogen and oxygen atoms in total. The molecule has 17 heavy (non-hydrogen) atoms. The minimum absolute atomic E-state index is 0.237. The highest BCUT2D eigenvalue weighted by molar-refractivity contribution is 9.10. The van der Waals surface area contributed by atoms with E-state index in [0.29, 0.717) is 10.8 Å². The molecule has 0 unspecified atom stereocenters. The molecule has 0 aliphatic carbocycles. The number of halogens is 3. The number of carbonyl (C=O) groups excluding carboxylic acids is 1. The first kappa shape index (κ1) is 12.4. The van der Waals surface area contributed by atoms with E-state index in [1.807, 2.05) is 0 Å². The van der Waals surface area contributed by atoms with Crippen LogP contribution in [0, 0.1) is 0 Å². The second kappa shape index (κ2) is 5.08. The predicted octanol–water partition coefficient (Wildman–Crippen LogP) is 3.73. The summed E-state index contributed by atoms with van der Waals surface area (Å²) in [5.41, 5.74) is 0.282. The fourth-order valence-electron chi connectivity index (χ4n) is 1.16. The zero-order valence-corrected chi connectivity index (χ0v) is 11.4. The number of nitrogens with zero attached hydrogens (tertiary/aromatic N) is 1. The molecule has 2 aromatic heterocycles. The van der Waals surface area contributed by atoms with E-state index in [9.17, 15) is 4.79 Å². The number of aromatic amines is 1. The van der Waals surface area contributed by atoms with Crippen LogP contribution in [0.5, 0.6) is 0 Å². The molecule has 0 radical (unpaired) electrons. The number of carbonyl (C=O) groups is 1. The van der Waals surface area contributed by atoms with Gasteiger partial charge in [-0.1, -0.05) is 23.2 Å². The van der Waals surface area contributed by atoms with Gasteiger partial charge in [-0.3, -0.25) is 4.79 Å². The first-order chi connectivity index (χ1) is 8.06. The number of H-pyrrole nitrogens is 1. The largest absolute Gasteiger partial charge is 0.340 e. The van der Waals surface area contributed by atoms with E-state index in [0.717, 1.165) is 4.47 Å². The van der Waals surface area contributed by atoms with Crippen LogP contribution in [0.25, 0.3) is 0 Å². The second-order valence-electron chi connectivity index (χ2n) is 3.16. The summed E-state index contributed by atoms with van der Waals surface area (Å²) in [4.78, 5) is 18.4. The summed E-state index contributed by atoms with van der Waals surface area (Å²) in [5, 5.41) is 3.15. The van der Waals surface area contributed by atoms with Gasteiger partial charge in [0, 0.05) is 10.7 Å². The van der Waals surface area contributed by atoms with Crippen molar-refractivity contribution < 1.29 is 4.79 Å². The fourth-order valence-corrected chi connectivity index (χ4v) is 1.71. The molecule has 0 bridgehead atoms. The SMILES string of the molecule is O=C(Nc1ccc(Br)cn1)c1cc(Cl)c(Cl)[nH]1. The molecule has 0 atom stereocenters. The number of pyridine rings is 1. The minimum atomic E-state index is -0.353. The Morgan fingerprint density at radius 2 is 2.18 bits per heavy atom. The summed E-state index contributed by atoms with van der Waals surface area (Å²) < 4.78 is 0.835. The number of hydrogen-bond donors (Lipinski definition) is 2. The van der Waals surface area contributed by atoms with E-state index < -0.39 is 0 Å². The van der Waals surface area contributed by atoms with Gasteiger partial charge in [-0.25, -0.2) is 4.98 Å².